The molecule has 100 valence electrons. The Balaban J connectivity index is 1.90. The van der Waals surface area contributed by atoms with Crippen LogP contribution < -0.4 is 5.32 Å². The average molecular weight is 258 g/mol. The predicted octanol–water partition coefficient (Wildman–Crippen LogP) is 2.81. The monoisotopic (exact) mass is 258 g/mol. The van der Waals surface area contributed by atoms with Gasteiger partial charge in [0, 0.05) is 11.7 Å². The van der Waals surface area contributed by atoms with Crippen molar-refractivity contribution < 1.29 is 9.90 Å². The lowest BCUT2D eigenvalue weighted by Crippen LogP contribution is -2.29. The fourth-order valence-corrected chi connectivity index (χ4v) is 2.58. The summed E-state index contributed by atoms with van der Waals surface area (Å²) in [4.78, 5) is 10.9. The van der Waals surface area contributed by atoms with Crippen molar-refractivity contribution in [3.05, 3.63) is 29.8 Å². The third kappa shape index (κ3) is 3.72. The first-order valence-corrected chi connectivity index (χ1v) is 6.64. The zero-order valence-electron chi connectivity index (χ0n) is 10.8. The number of hydrogen-bond acceptors (Lipinski definition) is 3. The standard InChI is InChI=1S/C15H18N2O2/c16-9-8-11-2-1-3-14(10-11)17-13-6-4-12(5-7-13)15(18)19/h1-3,10,12-13,17H,4-8H2,(H,18,19). The molecule has 0 spiro atoms. The number of benzene rings is 1. The molecule has 0 amide bonds. The van der Waals surface area contributed by atoms with Gasteiger partial charge in [-0.1, -0.05) is 12.1 Å². The highest BCUT2D eigenvalue weighted by Gasteiger charge is 2.25. The van der Waals surface area contributed by atoms with Crippen LogP contribution in [0.2, 0.25) is 0 Å². The maximum absolute atomic E-state index is 10.9. The molecule has 0 saturated heterocycles. The molecule has 0 heterocycles. The van der Waals surface area contributed by atoms with Gasteiger partial charge in [-0.3, -0.25) is 4.79 Å². The highest BCUT2D eigenvalue weighted by molar-refractivity contribution is 5.70. The van der Waals surface area contributed by atoms with E-state index in [-0.39, 0.29) is 5.92 Å². The van der Waals surface area contributed by atoms with E-state index in [9.17, 15) is 4.79 Å². The zero-order valence-corrected chi connectivity index (χ0v) is 10.8. The predicted molar refractivity (Wildman–Crippen MR) is 72.8 cm³/mol. The van der Waals surface area contributed by atoms with Gasteiger partial charge in [0.1, 0.15) is 0 Å². The lowest BCUT2D eigenvalue weighted by Gasteiger charge is -2.27. The minimum Gasteiger partial charge on any atom is -0.481 e. The van der Waals surface area contributed by atoms with Gasteiger partial charge in [-0.15, -0.1) is 0 Å². The highest BCUT2D eigenvalue weighted by atomic mass is 16.4. The molecule has 4 nitrogen and oxygen atoms in total. The lowest BCUT2D eigenvalue weighted by molar-refractivity contribution is -0.142. The molecular formula is C15H18N2O2. The van der Waals surface area contributed by atoms with Crippen molar-refractivity contribution in [1.82, 2.24) is 0 Å². The Morgan fingerprint density at radius 1 is 1.37 bits per heavy atom. The molecule has 0 aliphatic heterocycles. The van der Waals surface area contributed by atoms with E-state index >= 15 is 0 Å². The summed E-state index contributed by atoms with van der Waals surface area (Å²) in [7, 11) is 0. The van der Waals surface area contributed by atoms with Crippen LogP contribution in [0.3, 0.4) is 0 Å². The second kappa shape index (κ2) is 6.24. The van der Waals surface area contributed by atoms with Crippen LogP contribution in [0, 0.1) is 17.2 Å². The number of carboxylic acids is 1. The normalized spacial score (nSPS) is 22.5. The SMILES string of the molecule is N#CCc1cccc(NC2CCC(C(=O)O)CC2)c1. The Hall–Kier alpha value is -2.02. The van der Waals surface area contributed by atoms with Gasteiger partial charge >= 0.3 is 5.97 Å². The zero-order chi connectivity index (χ0) is 13.7. The summed E-state index contributed by atoms with van der Waals surface area (Å²) in [5.41, 5.74) is 2.03. The van der Waals surface area contributed by atoms with Gasteiger partial charge < -0.3 is 10.4 Å². The Bertz CT molecular complexity index is 485. The van der Waals surface area contributed by atoms with E-state index in [0.29, 0.717) is 12.5 Å². The van der Waals surface area contributed by atoms with E-state index in [4.69, 9.17) is 10.4 Å². The molecule has 19 heavy (non-hydrogen) atoms. The first-order valence-electron chi connectivity index (χ1n) is 6.64. The second-order valence-corrected chi connectivity index (χ2v) is 5.07. The minimum absolute atomic E-state index is 0.178. The molecule has 2 rings (SSSR count). The Kier molecular flexibility index (Phi) is 4.40. The van der Waals surface area contributed by atoms with E-state index in [1.807, 2.05) is 24.3 Å². The third-order valence-corrected chi connectivity index (χ3v) is 3.66. The van der Waals surface area contributed by atoms with Gasteiger partial charge in [0.2, 0.25) is 0 Å². The fraction of sp³-hybridized carbons (Fsp3) is 0.467. The molecule has 1 aromatic rings. The molecule has 0 aromatic heterocycles. The van der Waals surface area contributed by atoms with Crippen molar-refractivity contribution in [2.75, 3.05) is 5.32 Å². The van der Waals surface area contributed by atoms with Gasteiger partial charge in [0.15, 0.2) is 0 Å². The molecular weight excluding hydrogens is 240 g/mol. The van der Waals surface area contributed by atoms with Crippen LogP contribution in [-0.2, 0) is 11.2 Å². The second-order valence-electron chi connectivity index (χ2n) is 5.07. The molecule has 0 unspecified atom stereocenters. The number of nitrogens with zero attached hydrogens (tertiary/aromatic N) is 1. The molecule has 1 aliphatic rings. The van der Waals surface area contributed by atoms with Crippen LogP contribution in [0.1, 0.15) is 31.2 Å². The number of rotatable bonds is 4. The Labute approximate surface area is 113 Å². The number of aliphatic carboxylic acids is 1. The summed E-state index contributed by atoms with van der Waals surface area (Å²) in [6.07, 6.45) is 3.68. The quantitative estimate of drug-likeness (QED) is 0.871. The molecule has 1 fully saturated rings. The average Bonchev–Trinajstić information content (AvgIpc) is 2.40. The van der Waals surface area contributed by atoms with Crippen LogP contribution in [0.5, 0.6) is 0 Å². The molecule has 1 aromatic carbocycles. The maximum Gasteiger partial charge on any atom is 0.306 e. The largest absolute Gasteiger partial charge is 0.481 e. The van der Waals surface area contributed by atoms with E-state index in [1.54, 1.807) is 0 Å². The fourth-order valence-electron chi connectivity index (χ4n) is 2.58. The summed E-state index contributed by atoms with van der Waals surface area (Å²) in [5, 5.41) is 21.1. The number of hydrogen-bond donors (Lipinski definition) is 2. The van der Waals surface area contributed by atoms with E-state index in [1.165, 1.54) is 0 Å². The molecule has 0 bridgehead atoms. The van der Waals surface area contributed by atoms with E-state index in [0.717, 1.165) is 36.9 Å². The highest BCUT2D eigenvalue weighted by Crippen LogP contribution is 2.27. The van der Waals surface area contributed by atoms with Crippen molar-refractivity contribution >= 4 is 11.7 Å². The molecule has 1 aliphatic carbocycles. The van der Waals surface area contributed by atoms with Gasteiger partial charge in [0.05, 0.1) is 18.4 Å². The van der Waals surface area contributed by atoms with Crippen molar-refractivity contribution in [2.24, 2.45) is 5.92 Å². The van der Waals surface area contributed by atoms with Gasteiger partial charge in [0.25, 0.3) is 0 Å². The smallest absolute Gasteiger partial charge is 0.306 e. The van der Waals surface area contributed by atoms with Crippen LogP contribution in [0.15, 0.2) is 24.3 Å². The number of nitrogens with one attached hydrogen (secondary N) is 1. The molecule has 4 heteroatoms. The summed E-state index contributed by atoms with van der Waals surface area (Å²) >= 11 is 0. The first kappa shape index (κ1) is 13.4. The van der Waals surface area contributed by atoms with Crippen molar-refractivity contribution in [1.29, 1.82) is 5.26 Å². The summed E-state index contributed by atoms with van der Waals surface area (Å²) in [6, 6.07) is 10.3. The molecule has 0 radical (unpaired) electrons. The third-order valence-electron chi connectivity index (χ3n) is 3.66. The molecule has 2 N–H and O–H groups in total. The minimum atomic E-state index is -0.672. The molecule has 0 atom stereocenters. The lowest BCUT2D eigenvalue weighted by atomic mass is 9.86. The van der Waals surface area contributed by atoms with Crippen molar-refractivity contribution in [2.45, 2.75) is 38.1 Å². The maximum atomic E-state index is 10.9. The number of carboxylic acid groups (broad SMARTS) is 1. The number of carbonyl (C=O) groups is 1. The number of nitriles is 1. The van der Waals surface area contributed by atoms with Gasteiger partial charge in [-0.05, 0) is 43.4 Å². The summed E-state index contributed by atoms with van der Waals surface area (Å²) in [6.45, 7) is 0. The van der Waals surface area contributed by atoms with Crippen LogP contribution in [-0.4, -0.2) is 17.1 Å². The van der Waals surface area contributed by atoms with Crippen LogP contribution >= 0.6 is 0 Å². The van der Waals surface area contributed by atoms with Gasteiger partial charge in [-0.25, -0.2) is 0 Å². The van der Waals surface area contributed by atoms with Gasteiger partial charge in [-0.2, -0.15) is 5.26 Å². The summed E-state index contributed by atoms with van der Waals surface area (Å²) in [5.74, 6) is -0.850. The Morgan fingerprint density at radius 3 is 2.74 bits per heavy atom. The first-order chi connectivity index (χ1) is 9.19. The van der Waals surface area contributed by atoms with E-state index in [2.05, 4.69) is 11.4 Å². The molecule has 1 saturated carbocycles. The summed E-state index contributed by atoms with van der Waals surface area (Å²) < 4.78 is 0. The van der Waals surface area contributed by atoms with Crippen molar-refractivity contribution in [3.63, 3.8) is 0 Å². The van der Waals surface area contributed by atoms with Crippen LogP contribution in [0.25, 0.3) is 0 Å². The van der Waals surface area contributed by atoms with E-state index < -0.39 is 5.97 Å². The van der Waals surface area contributed by atoms with Crippen molar-refractivity contribution in [3.8, 4) is 6.07 Å². The Morgan fingerprint density at radius 2 is 2.11 bits per heavy atom. The van der Waals surface area contributed by atoms with Crippen LogP contribution in [0.4, 0.5) is 5.69 Å². The number of anilines is 1. The topological polar surface area (TPSA) is 73.1 Å².